The van der Waals surface area contributed by atoms with Crippen LogP contribution in [-0.2, 0) is 14.8 Å². The molecule has 0 aromatic carbocycles. The molecule has 0 aliphatic carbocycles. The smallest absolute Gasteiger partial charge is 0.242 e. The minimum absolute atomic E-state index is 0.0194. The molecule has 7 nitrogen and oxygen atoms in total. The van der Waals surface area contributed by atoms with Crippen LogP contribution >= 0.6 is 0 Å². The van der Waals surface area contributed by atoms with Gasteiger partial charge in [0, 0.05) is 25.2 Å². The van der Waals surface area contributed by atoms with Crippen LogP contribution in [0.2, 0.25) is 0 Å². The van der Waals surface area contributed by atoms with Crippen LogP contribution in [0.5, 0.6) is 0 Å². The Kier molecular flexibility index (Phi) is 5.25. The number of nitrogens with zero attached hydrogens (tertiary/aromatic N) is 1. The lowest BCUT2D eigenvalue weighted by Crippen LogP contribution is -2.34. The van der Waals surface area contributed by atoms with Crippen molar-refractivity contribution in [2.75, 3.05) is 12.3 Å². The zero-order valence-electron chi connectivity index (χ0n) is 10.9. The number of carbonyl (C=O) groups is 1. The minimum Gasteiger partial charge on any atom is -0.384 e. The summed E-state index contributed by atoms with van der Waals surface area (Å²) in [4.78, 5) is 15.1. The summed E-state index contributed by atoms with van der Waals surface area (Å²) in [6.07, 6.45) is 1.26. The fourth-order valence-electron chi connectivity index (χ4n) is 1.33. The summed E-state index contributed by atoms with van der Waals surface area (Å²) in [5.74, 6) is 0.0448. The molecule has 0 bridgehead atoms. The van der Waals surface area contributed by atoms with Crippen molar-refractivity contribution < 1.29 is 13.2 Å². The maximum atomic E-state index is 11.8. The van der Waals surface area contributed by atoms with Crippen molar-refractivity contribution in [2.45, 2.75) is 31.2 Å². The normalized spacial score (nSPS) is 11.5. The number of nitrogens with two attached hydrogens (primary N) is 1. The molecule has 1 rings (SSSR count). The van der Waals surface area contributed by atoms with E-state index in [4.69, 9.17) is 5.73 Å². The summed E-state index contributed by atoms with van der Waals surface area (Å²) >= 11 is 0. The summed E-state index contributed by atoms with van der Waals surface area (Å²) in [5, 5.41) is 2.67. The van der Waals surface area contributed by atoms with Crippen LogP contribution in [0.3, 0.4) is 0 Å². The third kappa shape index (κ3) is 5.23. The second-order valence-electron chi connectivity index (χ2n) is 4.29. The second-order valence-corrected chi connectivity index (χ2v) is 6.06. The number of nitrogen functional groups attached to an aromatic ring is 1. The van der Waals surface area contributed by atoms with Gasteiger partial charge in [-0.05, 0) is 26.0 Å². The average Bonchev–Trinajstić information content (AvgIpc) is 2.28. The third-order valence-corrected chi connectivity index (χ3v) is 3.61. The van der Waals surface area contributed by atoms with E-state index < -0.39 is 10.0 Å². The van der Waals surface area contributed by atoms with Crippen molar-refractivity contribution in [3.8, 4) is 0 Å². The van der Waals surface area contributed by atoms with Gasteiger partial charge in [-0.3, -0.25) is 4.79 Å². The van der Waals surface area contributed by atoms with Gasteiger partial charge in [-0.15, -0.1) is 0 Å². The summed E-state index contributed by atoms with van der Waals surface area (Å²) in [5.41, 5.74) is 5.38. The minimum atomic E-state index is -3.65. The van der Waals surface area contributed by atoms with Gasteiger partial charge in [-0.2, -0.15) is 0 Å². The van der Waals surface area contributed by atoms with Gasteiger partial charge >= 0.3 is 0 Å². The van der Waals surface area contributed by atoms with E-state index in [9.17, 15) is 13.2 Å². The fourth-order valence-corrected chi connectivity index (χ4v) is 2.30. The van der Waals surface area contributed by atoms with E-state index in [1.54, 1.807) is 0 Å². The highest BCUT2D eigenvalue weighted by atomic mass is 32.2. The first-order valence-electron chi connectivity index (χ1n) is 5.82. The lowest BCUT2D eigenvalue weighted by Gasteiger charge is -2.09. The van der Waals surface area contributed by atoms with E-state index in [1.165, 1.54) is 18.3 Å². The Bertz CT molecular complexity index is 525. The number of amides is 1. The molecule has 0 saturated heterocycles. The predicted molar refractivity (Wildman–Crippen MR) is 71.7 cm³/mol. The Labute approximate surface area is 112 Å². The molecule has 0 aliphatic heterocycles. The molecule has 0 radical (unpaired) electrons. The number of hydrogen-bond donors (Lipinski definition) is 3. The molecule has 4 N–H and O–H groups in total. The Morgan fingerprint density at radius 3 is 2.63 bits per heavy atom. The highest BCUT2D eigenvalue weighted by Gasteiger charge is 2.14. The van der Waals surface area contributed by atoms with Crippen molar-refractivity contribution in [3.05, 3.63) is 18.3 Å². The Morgan fingerprint density at radius 2 is 2.11 bits per heavy atom. The van der Waals surface area contributed by atoms with Gasteiger partial charge in [0.05, 0.1) is 0 Å². The SMILES string of the molecule is CC(C)NC(=O)CCNS(=O)(=O)c1ccc(N)nc1. The molecule has 1 heterocycles. The van der Waals surface area contributed by atoms with Gasteiger partial charge in [0.25, 0.3) is 0 Å². The molecule has 1 aromatic rings. The quantitative estimate of drug-likeness (QED) is 0.673. The number of aromatic nitrogens is 1. The second kappa shape index (κ2) is 6.48. The first kappa shape index (κ1) is 15.4. The van der Waals surface area contributed by atoms with Crippen LogP contribution in [0.4, 0.5) is 5.82 Å². The standard InChI is InChI=1S/C11H18N4O3S/c1-8(2)15-11(16)5-6-14-19(17,18)9-3-4-10(12)13-7-9/h3-4,7-8,14H,5-6H2,1-2H3,(H2,12,13)(H,15,16). The number of carbonyl (C=O) groups excluding carboxylic acids is 1. The molecular formula is C11H18N4O3S. The molecule has 106 valence electrons. The Morgan fingerprint density at radius 1 is 1.42 bits per heavy atom. The van der Waals surface area contributed by atoms with E-state index in [0.717, 1.165) is 0 Å². The largest absolute Gasteiger partial charge is 0.384 e. The molecule has 19 heavy (non-hydrogen) atoms. The summed E-state index contributed by atoms with van der Waals surface area (Å²) in [6, 6.07) is 2.80. The van der Waals surface area contributed by atoms with Crippen LogP contribution < -0.4 is 15.8 Å². The van der Waals surface area contributed by atoms with Gasteiger partial charge in [0.1, 0.15) is 10.7 Å². The molecule has 0 spiro atoms. The number of pyridine rings is 1. The number of anilines is 1. The first-order valence-corrected chi connectivity index (χ1v) is 7.30. The van der Waals surface area contributed by atoms with Gasteiger partial charge in [-0.25, -0.2) is 18.1 Å². The van der Waals surface area contributed by atoms with Crippen molar-refractivity contribution in [3.63, 3.8) is 0 Å². The first-order chi connectivity index (χ1) is 8.81. The maximum Gasteiger partial charge on any atom is 0.242 e. The molecule has 0 saturated carbocycles. The van der Waals surface area contributed by atoms with Crippen LogP contribution in [-0.4, -0.2) is 31.9 Å². The highest BCUT2D eigenvalue weighted by Crippen LogP contribution is 2.08. The molecule has 8 heteroatoms. The van der Waals surface area contributed by atoms with E-state index >= 15 is 0 Å². The number of hydrogen-bond acceptors (Lipinski definition) is 5. The van der Waals surface area contributed by atoms with Gasteiger partial charge in [0.2, 0.25) is 15.9 Å². The third-order valence-electron chi connectivity index (χ3n) is 2.16. The van der Waals surface area contributed by atoms with Crippen molar-refractivity contribution in [1.82, 2.24) is 15.0 Å². The highest BCUT2D eigenvalue weighted by molar-refractivity contribution is 7.89. The van der Waals surface area contributed by atoms with Crippen LogP contribution in [0.15, 0.2) is 23.2 Å². The lowest BCUT2D eigenvalue weighted by molar-refractivity contribution is -0.121. The number of nitrogens with one attached hydrogen (secondary N) is 2. The fraction of sp³-hybridized carbons (Fsp3) is 0.455. The van der Waals surface area contributed by atoms with Crippen LogP contribution in [0, 0.1) is 0 Å². The van der Waals surface area contributed by atoms with Crippen molar-refractivity contribution in [1.29, 1.82) is 0 Å². The summed E-state index contributed by atoms with van der Waals surface area (Å²) in [6.45, 7) is 3.70. The lowest BCUT2D eigenvalue weighted by atomic mass is 10.3. The molecule has 0 fully saturated rings. The van der Waals surface area contributed by atoms with E-state index in [-0.39, 0.29) is 35.6 Å². The molecule has 1 aromatic heterocycles. The van der Waals surface area contributed by atoms with Crippen LogP contribution in [0.25, 0.3) is 0 Å². The number of rotatable bonds is 6. The van der Waals surface area contributed by atoms with Gasteiger partial charge < -0.3 is 11.1 Å². The van der Waals surface area contributed by atoms with E-state index in [1.807, 2.05) is 13.8 Å². The zero-order valence-corrected chi connectivity index (χ0v) is 11.7. The van der Waals surface area contributed by atoms with Crippen LogP contribution in [0.1, 0.15) is 20.3 Å². The molecular weight excluding hydrogens is 268 g/mol. The van der Waals surface area contributed by atoms with E-state index in [2.05, 4.69) is 15.0 Å². The zero-order chi connectivity index (χ0) is 14.5. The Balaban J connectivity index is 2.52. The molecule has 0 unspecified atom stereocenters. The predicted octanol–water partition coefficient (Wildman–Crippen LogP) is -0.143. The monoisotopic (exact) mass is 286 g/mol. The topological polar surface area (TPSA) is 114 Å². The molecule has 0 atom stereocenters. The average molecular weight is 286 g/mol. The molecule has 0 aliphatic rings. The number of sulfonamides is 1. The van der Waals surface area contributed by atoms with Crippen molar-refractivity contribution >= 4 is 21.7 Å². The van der Waals surface area contributed by atoms with Gasteiger partial charge in [0.15, 0.2) is 0 Å². The Hall–Kier alpha value is -1.67. The van der Waals surface area contributed by atoms with Gasteiger partial charge in [-0.1, -0.05) is 0 Å². The molecule has 1 amide bonds. The maximum absolute atomic E-state index is 11.8. The van der Waals surface area contributed by atoms with Crippen molar-refractivity contribution in [2.24, 2.45) is 0 Å². The summed E-state index contributed by atoms with van der Waals surface area (Å²) in [7, 11) is -3.65. The summed E-state index contributed by atoms with van der Waals surface area (Å²) < 4.78 is 26.0. The van der Waals surface area contributed by atoms with E-state index in [0.29, 0.717) is 0 Å².